The minimum absolute atomic E-state index is 0.153. The first-order valence-electron chi connectivity index (χ1n) is 4.31. The number of hydrogen-bond acceptors (Lipinski definition) is 1. The van der Waals surface area contributed by atoms with Gasteiger partial charge >= 0.3 is 0 Å². The highest BCUT2D eigenvalue weighted by Crippen LogP contribution is 2.34. The molecule has 78 valence electrons. The fourth-order valence-electron chi connectivity index (χ4n) is 1.27. The van der Waals surface area contributed by atoms with Crippen molar-refractivity contribution in [1.82, 2.24) is 0 Å². The second-order valence-electron chi connectivity index (χ2n) is 3.05. The van der Waals surface area contributed by atoms with Gasteiger partial charge in [-0.05, 0) is 29.1 Å². The Morgan fingerprint density at radius 3 is 2.47 bits per heavy atom. The standard InChI is InChI=1S/C11H7Cl3S/c12-8-4-3-7(6-9(8)13)11(14)10-2-1-5-15-10/h1-6,11H. The van der Waals surface area contributed by atoms with Crippen LogP contribution in [0.5, 0.6) is 0 Å². The van der Waals surface area contributed by atoms with E-state index in [1.807, 2.05) is 23.6 Å². The van der Waals surface area contributed by atoms with Gasteiger partial charge in [-0.3, -0.25) is 0 Å². The normalized spacial score (nSPS) is 12.7. The van der Waals surface area contributed by atoms with Crippen LogP contribution in [0.3, 0.4) is 0 Å². The van der Waals surface area contributed by atoms with Crippen LogP contribution in [-0.4, -0.2) is 0 Å². The molecule has 1 aromatic carbocycles. The lowest BCUT2D eigenvalue weighted by Gasteiger charge is -2.08. The molecule has 0 spiro atoms. The van der Waals surface area contributed by atoms with Gasteiger partial charge in [0.25, 0.3) is 0 Å². The van der Waals surface area contributed by atoms with E-state index in [2.05, 4.69) is 0 Å². The fourth-order valence-corrected chi connectivity index (χ4v) is 2.67. The molecular formula is C11H7Cl3S. The van der Waals surface area contributed by atoms with Crippen LogP contribution in [0.4, 0.5) is 0 Å². The van der Waals surface area contributed by atoms with Crippen molar-refractivity contribution in [3.05, 3.63) is 56.2 Å². The van der Waals surface area contributed by atoms with Crippen LogP contribution in [0, 0.1) is 0 Å². The van der Waals surface area contributed by atoms with Crippen molar-refractivity contribution >= 4 is 46.1 Å². The predicted molar refractivity (Wildman–Crippen MR) is 68.5 cm³/mol. The summed E-state index contributed by atoms with van der Waals surface area (Å²) in [5.74, 6) is 0. The Kier molecular flexibility index (Phi) is 3.57. The summed E-state index contributed by atoms with van der Waals surface area (Å²) < 4.78 is 0. The number of benzene rings is 1. The van der Waals surface area contributed by atoms with Crippen molar-refractivity contribution in [2.24, 2.45) is 0 Å². The van der Waals surface area contributed by atoms with Gasteiger partial charge in [-0.25, -0.2) is 0 Å². The summed E-state index contributed by atoms with van der Waals surface area (Å²) in [6.07, 6.45) is 0. The third-order valence-corrected chi connectivity index (χ3v) is 4.32. The topological polar surface area (TPSA) is 0 Å². The highest BCUT2D eigenvalue weighted by Gasteiger charge is 2.12. The molecule has 2 aromatic rings. The first-order chi connectivity index (χ1) is 7.18. The zero-order chi connectivity index (χ0) is 10.8. The van der Waals surface area contributed by atoms with Crippen LogP contribution in [0.25, 0.3) is 0 Å². The van der Waals surface area contributed by atoms with Crippen LogP contribution in [0.2, 0.25) is 10.0 Å². The molecule has 1 heterocycles. The Morgan fingerprint density at radius 1 is 1.07 bits per heavy atom. The molecule has 0 amide bonds. The molecule has 0 aliphatic heterocycles. The molecule has 2 rings (SSSR count). The van der Waals surface area contributed by atoms with Gasteiger partial charge in [0.05, 0.1) is 15.4 Å². The van der Waals surface area contributed by atoms with E-state index in [1.165, 1.54) is 0 Å². The molecule has 0 aliphatic rings. The van der Waals surface area contributed by atoms with Crippen LogP contribution < -0.4 is 0 Å². The van der Waals surface area contributed by atoms with Crippen molar-refractivity contribution < 1.29 is 0 Å². The first kappa shape index (κ1) is 11.3. The van der Waals surface area contributed by atoms with Gasteiger partial charge in [-0.15, -0.1) is 22.9 Å². The third-order valence-electron chi connectivity index (χ3n) is 2.03. The Morgan fingerprint density at radius 2 is 1.87 bits per heavy atom. The number of halogens is 3. The minimum Gasteiger partial charge on any atom is -0.147 e. The molecule has 4 heteroatoms. The molecule has 1 unspecified atom stereocenters. The van der Waals surface area contributed by atoms with Crippen molar-refractivity contribution in [3.8, 4) is 0 Å². The lowest BCUT2D eigenvalue weighted by Crippen LogP contribution is -1.89. The second-order valence-corrected chi connectivity index (χ2v) is 5.28. The summed E-state index contributed by atoms with van der Waals surface area (Å²) in [7, 11) is 0. The molecule has 0 saturated carbocycles. The van der Waals surface area contributed by atoms with Gasteiger partial charge in [0.1, 0.15) is 0 Å². The molecule has 0 N–H and O–H groups in total. The molecule has 0 nitrogen and oxygen atoms in total. The van der Waals surface area contributed by atoms with Gasteiger partial charge in [0.2, 0.25) is 0 Å². The Labute approximate surface area is 107 Å². The molecule has 0 bridgehead atoms. The fraction of sp³-hybridized carbons (Fsp3) is 0.0909. The molecule has 0 saturated heterocycles. The van der Waals surface area contributed by atoms with Gasteiger partial charge in [0.15, 0.2) is 0 Å². The zero-order valence-corrected chi connectivity index (χ0v) is 10.7. The molecule has 0 aliphatic carbocycles. The van der Waals surface area contributed by atoms with Crippen LogP contribution in [0.15, 0.2) is 35.7 Å². The summed E-state index contributed by atoms with van der Waals surface area (Å²) in [5.41, 5.74) is 0.966. The lowest BCUT2D eigenvalue weighted by molar-refractivity contribution is 1.18. The van der Waals surface area contributed by atoms with Gasteiger partial charge in [-0.1, -0.05) is 35.3 Å². The van der Waals surface area contributed by atoms with E-state index in [0.29, 0.717) is 10.0 Å². The Bertz CT molecular complexity index is 451. The monoisotopic (exact) mass is 276 g/mol. The van der Waals surface area contributed by atoms with Crippen LogP contribution >= 0.6 is 46.1 Å². The van der Waals surface area contributed by atoms with Gasteiger partial charge in [-0.2, -0.15) is 0 Å². The summed E-state index contributed by atoms with van der Waals surface area (Å²) in [6, 6.07) is 9.45. The predicted octanol–water partition coefficient (Wildman–Crippen LogP) is 5.38. The number of rotatable bonds is 2. The number of thiophene rings is 1. The Balaban J connectivity index is 2.34. The molecule has 1 atom stereocenters. The lowest BCUT2D eigenvalue weighted by atomic mass is 10.1. The van der Waals surface area contributed by atoms with E-state index >= 15 is 0 Å². The van der Waals surface area contributed by atoms with E-state index in [9.17, 15) is 0 Å². The van der Waals surface area contributed by atoms with E-state index in [4.69, 9.17) is 34.8 Å². The van der Waals surface area contributed by atoms with Crippen LogP contribution in [-0.2, 0) is 0 Å². The van der Waals surface area contributed by atoms with Crippen molar-refractivity contribution in [2.75, 3.05) is 0 Å². The van der Waals surface area contributed by atoms with E-state index in [-0.39, 0.29) is 5.38 Å². The van der Waals surface area contributed by atoms with E-state index in [1.54, 1.807) is 23.5 Å². The zero-order valence-electron chi connectivity index (χ0n) is 7.58. The maximum absolute atomic E-state index is 6.31. The average Bonchev–Trinajstić information content (AvgIpc) is 2.74. The highest BCUT2D eigenvalue weighted by atomic mass is 35.5. The SMILES string of the molecule is Clc1ccc(C(Cl)c2cccs2)cc1Cl. The number of hydrogen-bond donors (Lipinski definition) is 0. The summed E-state index contributed by atoms with van der Waals surface area (Å²) in [4.78, 5) is 1.11. The molecule has 0 fully saturated rings. The van der Waals surface area contributed by atoms with Crippen molar-refractivity contribution in [1.29, 1.82) is 0 Å². The van der Waals surface area contributed by atoms with E-state index < -0.39 is 0 Å². The van der Waals surface area contributed by atoms with Crippen molar-refractivity contribution in [2.45, 2.75) is 5.38 Å². The maximum atomic E-state index is 6.31. The Hall–Kier alpha value is -0.210. The second kappa shape index (κ2) is 4.75. The average molecular weight is 278 g/mol. The highest BCUT2D eigenvalue weighted by molar-refractivity contribution is 7.10. The molecule has 1 aromatic heterocycles. The minimum atomic E-state index is -0.153. The summed E-state index contributed by atoms with van der Waals surface area (Å²) in [5, 5.41) is 2.94. The quantitative estimate of drug-likeness (QED) is 0.646. The summed E-state index contributed by atoms with van der Waals surface area (Å²) >= 11 is 19.7. The first-order valence-corrected chi connectivity index (χ1v) is 6.38. The number of alkyl halides is 1. The summed E-state index contributed by atoms with van der Waals surface area (Å²) in [6.45, 7) is 0. The van der Waals surface area contributed by atoms with Crippen LogP contribution in [0.1, 0.15) is 15.8 Å². The molecule has 0 radical (unpaired) electrons. The molecular weight excluding hydrogens is 271 g/mol. The van der Waals surface area contributed by atoms with Crippen molar-refractivity contribution in [3.63, 3.8) is 0 Å². The van der Waals surface area contributed by atoms with Gasteiger partial charge in [0, 0.05) is 4.88 Å². The smallest absolute Gasteiger partial charge is 0.0928 e. The third kappa shape index (κ3) is 2.48. The maximum Gasteiger partial charge on any atom is 0.0928 e. The van der Waals surface area contributed by atoms with E-state index in [0.717, 1.165) is 10.4 Å². The van der Waals surface area contributed by atoms with Gasteiger partial charge < -0.3 is 0 Å². The largest absolute Gasteiger partial charge is 0.147 e. The molecule has 15 heavy (non-hydrogen) atoms.